The van der Waals surface area contributed by atoms with Gasteiger partial charge in [0.2, 0.25) is 11.8 Å². The summed E-state index contributed by atoms with van der Waals surface area (Å²) in [7, 11) is 1.44. The number of piperidine rings is 1. The van der Waals surface area contributed by atoms with Crippen molar-refractivity contribution in [3.63, 3.8) is 0 Å². The topological polar surface area (TPSA) is 107 Å². The maximum atomic E-state index is 13.1. The molecule has 9 heteroatoms. The molecule has 0 aliphatic carbocycles. The van der Waals surface area contributed by atoms with E-state index in [-0.39, 0.29) is 24.6 Å². The van der Waals surface area contributed by atoms with Crippen molar-refractivity contribution in [2.75, 3.05) is 33.2 Å². The number of rotatable bonds is 6. The van der Waals surface area contributed by atoms with E-state index in [0.29, 0.717) is 25.9 Å². The quantitative estimate of drug-likeness (QED) is 0.741. The molecule has 1 aliphatic rings. The molecule has 1 aromatic rings. The summed E-state index contributed by atoms with van der Waals surface area (Å²) < 4.78 is 13.1. The number of carbonyl (C=O) groups excluding carboxylic acids is 3. The lowest BCUT2D eigenvalue weighted by Gasteiger charge is -2.31. The number of aliphatic carboxylic acids is 1. The van der Waals surface area contributed by atoms with Crippen LogP contribution in [0.5, 0.6) is 0 Å². The van der Waals surface area contributed by atoms with Crippen molar-refractivity contribution in [1.29, 1.82) is 0 Å². The number of benzene rings is 1. The van der Waals surface area contributed by atoms with Crippen LogP contribution < -0.4 is 5.32 Å². The first-order chi connectivity index (χ1) is 12.8. The SMILES string of the molecule is CN(CC(=O)N1CCC(C(=O)O)CC1)C(=O)CNC(=O)c1cccc(F)c1. The number of nitrogens with one attached hydrogen (secondary N) is 1. The smallest absolute Gasteiger partial charge is 0.306 e. The molecule has 0 bridgehead atoms. The molecular weight excluding hydrogens is 357 g/mol. The van der Waals surface area contributed by atoms with E-state index >= 15 is 0 Å². The normalized spacial score (nSPS) is 14.5. The zero-order chi connectivity index (χ0) is 20.0. The van der Waals surface area contributed by atoms with Gasteiger partial charge in [-0.2, -0.15) is 0 Å². The number of likely N-dealkylation sites (tertiary alicyclic amines) is 1. The molecule has 3 amide bonds. The number of carbonyl (C=O) groups is 4. The molecule has 0 saturated carbocycles. The molecule has 1 heterocycles. The van der Waals surface area contributed by atoms with Crippen LogP contribution in [0.4, 0.5) is 4.39 Å². The second-order valence-electron chi connectivity index (χ2n) is 6.44. The van der Waals surface area contributed by atoms with Gasteiger partial charge in [0, 0.05) is 25.7 Å². The van der Waals surface area contributed by atoms with E-state index in [1.54, 1.807) is 0 Å². The molecule has 0 unspecified atom stereocenters. The fraction of sp³-hybridized carbons (Fsp3) is 0.444. The summed E-state index contributed by atoms with van der Waals surface area (Å²) in [6, 6.07) is 5.09. The first-order valence-corrected chi connectivity index (χ1v) is 8.56. The highest BCUT2D eigenvalue weighted by Gasteiger charge is 2.27. The highest BCUT2D eigenvalue weighted by Crippen LogP contribution is 2.17. The molecule has 1 aliphatic heterocycles. The van der Waals surface area contributed by atoms with E-state index in [0.717, 1.165) is 6.07 Å². The second-order valence-corrected chi connectivity index (χ2v) is 6.44. The average molecular weight is 379 g/mol. The highest BCUT2D eigenvalue weighted by atomic mass is 19.1. The second kappa shape index (κ2) is 9.11. The summed E-state index contributed by atoms with van der Waals surface area (Å²) in [4.78, 5) is 49.9. The number of hydrogen-bond donors (Lipinski definition) is 2. The molecule has 0 radical (unpaired) electrons. The number of hydrogen-bond acceptors (Lipinski definition) is 4. The van der Waals surface area contributed by atoms with Gasteiger partial charge in [-0.15, -0.1) is 0 Å². The van der Waals surface area contributed by atoms with E-state index in [2.05, 4.69) is 5.32 Å². The van der Waals surface area contributed by atoms with Crippen molar-refractivity contribution in [2.24, 2.45) is 5.92 Å². The summed E-state index contributed by atoms with van der Waals surface area (Å²) in [5.74, 6) is -3.17. The maximum absolute atomic E-state index is 13.1. The Morgan fingerprint density at radius 1 is 1.26 bits per heavy atom. The van der Waals surface area contributed by atoms with Crippen LogP contribution in [0.15, 0.2) is 24.3 Å². The van der Waals surface area contributed by atoms with Crippen LogP contribution in [0.1, 0.15) is 23.2 Å². The lowest BCUT2D eigenvalue weighted by atomic mass is 9.97. The summed E-state index contributed by atoms with van der Waals surface area (Å²) >= 11 is 0. The minimum Gasteiger partial charge on any atom is -0.481 e. The Balaban J connectivity index is 1.77. The molecule has 27 heavy (non-hydrogen) atoms. The zero-order valence-corrected chi connectivity index (χ0v) is 15.0. The molecule has 1 saturated heterocycles. The van der Waals surface area contributed by atoms with Gasteiger partial charge >= 0.3 is 5.97 Å². The standard InChI is InChI=1S/C18H22FN3O5/c1-21(11-16(24)22-7-5-12(6-8-22)18(26)27)15(23)10-20-17(25)13-3-2-4-14(19)9-13/h2-4,9,12H,5-8,10-11H2,1H3,(H,20,25)(H,26,27). The van der Waals surface area contributed by atoms with Gasteiger partial charge in [0.1, 0.15) is 5.82 Å². The minimum atomic E-state index is -0.858. The van der Waals surface area contributed by atoms with E-state index < -0.39 is 29.5 Å². The van der Waals surface area contributed by atoms with Crippen molar-refractivity contribution in [1.82, 2.24) is 15.1 Å². The van der Waals surface area contributed by atoms with Crippen LogP contribution in [0.2, 0.25) is 0 Å². The lowest BCUT2D eigenvalue weighted by Crippen LogP contribution is -2.47. The van der Waals surface area contributed by atoms with Crippen LogP contribution in [0, 0.1) is 11.7 Å². The third-order valence-electron chi connectivity index (χ3n) is 4.48. The molecule has 8 nitrogen and oxygen atoms in total. The molecule has 1 aromatic carbocycles. The van der Waals surface area contributed by atoms with Crippen LogP contribution in [0.25, 0.3) is 0 Å². The molecule has 1 fully saturated rings. The molecular formula is C18H22FN3O5. The van der Waals surface area contributed by atoms with E-state index in [4.69, 9.17) is 5.11 Å². The number of halogens is 1. The highest BCUT2D eigenvalue weighted by molar-refractivity contribution is 5.96. The molecule has 0 atom stereocenters. The Labute approximate surface area is 155 Å². The van der Waals surface area contributed by atoms with Crippen LogP contribution in [-0.2, 0) is 14.4 Å². The molecule has 2 rings (SSSR count). The molecule has 146 valence electrons. The molecule has 2 N–H and O–H groups in total. The summed E-state index contributed by atoms with van der Waals surface area (Å²) in [5.41, 5.74) is 0.0998. The van der Waals surface area contributed by atoms with Gasteiger partial charge in [0.15, 0.2) is 0 Å². The van der Waals surface area contributed by atoms with E-state index in [9.17, 15) is 23.6 Å². The lowest BCUT2D eigenvalue weighted by molar-refractivity contribution is -0.146. The van der Waals surface area contributed by atoms with Crippen molar-refractivity contribution in [2.45, 2.75) is 12.8 Å². The fourth-order valence-corrected chi connectivity index (χ4v) is 2.79. The number of carboxylic acids is 1. The number of likely N-dealkylation sites (N-methyl/N-ethyl adjacent to an activating group) is 1. The monoisotopic (exact) mass is 379 g/mol. The predicted molar refractivity (Wildman–Crippen MR) is 93.3 cm³/mol. The Bertz CT molecular complexity index is 731. The van der Waals surface area contributed by atoms with Crippen molar-refractivity contribution in [3.8, 4) is 0 Å². The summed E-state index contributed by atoms with van der Waals surface area (Å²) in [6.07, 6.45) is 0.783. The number of nitrogens with zero attached hydrogens (tertiary/aromatic N) is 2. The number of carboxylic acid groups (broad SMARTS) is 1. The fourth-order valence-electron chi connectivity index (χ4n) is 2.79. The van der Waals surface area contributed by atoms with Gasteiger partial charge in [0.05, 0.1) is 19.0 Å². The number of amides is 3. The van der Waals surface area contributed by atoms with Crippen LogP contribution in [-0.4, -0.2) is 71.8 Å². The van der Waals surface area contributed by atoms with Crippen molar-refractivity contribution < 1.29 is 28.7 Å². The van der Waals surface area contributed by atoms with Gasteiger partial charge in [-0.1, -0.05) is 6.07 Å². The summed E-state index contributed by atoms with van der Waals surface area (Å²) in [5, 5.41) is 11.4. The zero-order valence-electron chi connectivity index (χ0n) is 15.0. The van der Waals surface area contributed by atoms with Gasteiger partial charge in [0.25, 0.3) is 5.91 Å². The van der Waals surface area contributed by atoms with Crippen molar-refractivity contribution >= 4 is 23.7 Å². The Morgan fingerprint density at radius 3 is 2.52 bits per heavy atom. The average Bonchev–Trinajstić information content (AvgIpc) is 2.65. The van der Waals surface area contributed by atoms with E-state index in [1.807, 2.05) is 0 Å². The van der Waals surface area contributed by atoms with Gasteiger partial charge in [-0.05, 0) is 31.0 Å². The predicted octanol–water partition coefficient (Wildman–Crippen LogP) is 0.337. The van der Waals surface area contributed by atoms with Gasteiger partial charge < -0.3 is 20.2 Å². The summed E-state index contributed by atoms with van der Waals surface area (Å²) in [6.45, 7) is 0.203. The Morgan fingerprint density at radius 2 is 1.93 bits per heavy atom. The van der Waals surface area contributed by atoms with Gasteiger partial charge in [-0.3, -0.25) is 19.2 Å². The molecule has 0 aromatic heterocycles. The third-order valence-corrected chi connectivity index (χ3v) is 4.48. The Hall–Kier alpha value is -2.97. The largest absolute Gasteiger partial charge is 0.481 e. The van der Waals surface area contributed by atoms with Crippen LogP contribution in [0.3, 0.4) is 0 Å². The van der Waals surface area contributed by atoms with Crippen LogP contribution >= 0.6 is 0 Å². The van der Waals surface area contributed by atoms with Gasteiger partial charge in [-0.25, -0.2) is 4.39 Å². The minimum absolute atomic E-state index is 0.0998. The third kappa shape index (κ3) is 5.77. The molecule has 0 spiro atoms. The first kappa shape index (κ1) is 20.3. The first-order valence-electron chi connectivity index (χ1n) is 8.56. The van der Waals surface area contributed by atoms with Crippen molar-refractivity contribution in [3.05, 3.63) is 35.6 Å². The van der Waals surface area contributed by atoms with E-state index in [1.165, 1.54) is 35.0 Å². The maximum Gasteiger partial charge on any atom is 0.306 e. The Kier molecular flexibility index (Phi) is 6.86.